The first kappa shape index (κ1) is 17.0. The summed E-state index contributed by atoms with van der Waals surface area (Å²) in [4.78, 5) is 26.8. The van der Waals surface area contributed by atoms with Gasteiger partial charge in [0, 0.05) is 17.8 Å². The van der Waals surface area contributed by atoms with Crippen molar-refractivity contribution in [1.82, 2.24) is 16.0 Å². The zero-order chi connectivity index (χ0) is 17.3. The molecule has 2 fully saturated rings. The van der Waals surface area contributed by atoms with Crippen LogP contribution in [-0.2, 0) is 21.6 Å². The average Bonchev–Trinajstić information content (AvgIpc) is 2.97. The standard InChI is InChI=1S/C18H25N3O3S/c22-16-13(3-1-2-7-20-16)21-17(23)15-11-12-14(25-15)4-10-24-18(12)5-8-19-9-6-18/h11,13,19H,1-10H2,(H,20,22)(H,21,23). The number of fused-ring (bicyclic) bond motifs is 2. The summed E-state index contributed by atoms with van der Waals surface area (Å²) in [6.07, 6.45) is 5.40. The van der Waals surface area contributed by atoms with Gasteiger partial charge in [-0.05, 0) is 56.8 Å². The smallest absolute Gasteiger partial charge is 0.262 e. The lowest BCUT2D eigenvalue weighted by molar-refractivity contribution is -0.122. The van der Waals surface area contributed by atoms with Crippen molar-refractivity contribution in [2.75, 3.05) is 26.2 Å². The number of carbonyl (C=O) groups excluding carboxylic acids is 2. The number of amides is 2. The topological polar surface area (TPSA) is 79.5 Å². The molecule has 0 aliphatic carbocycles. The van der Waals surface area contributed by atoms with Gasteiger partial charge in [-0.3, -0.25) is 9.59 Å². The first-order valence-electron chi connectivity index (χ1n) is 9.24. The van der Waals surface area contributed by atoms with Gasteiger partial charge >= 0.3 is 0 Å². The van der Waals surface area contributed by atoms with Gasteiger partial charge in [-0.1, -0.05) is 0 Å². The number of nitrogens with one attached hydrogen (secondary N) is 3. The molecule has 25 heavy (non-hydrogen) atoms. The third kappa shape index (κ3) is 3.32. The van der Waals surface area contributed by atoms with Crippen molar-refractivity contribution < 1.29 is 14.3 Å². The summed E-state index contributed by atoms with van der Waals surface area (Å²) in [5.41, 5.74) is 0.966. The number of ether oxygens (including phenoxy) is 1. The average molecular weight is 363 g/mol. The summed E-state index contributed by atoms with van der Waals surface area (Å²) in [6, 6.07) is 1.59. The molecule has 0 aromatic carbocycles. The summed E-state index contributed by atoms with van der Waals surface area (Å²) < 4.78 is 6.18. The van der Waals surface area contributed by atoms with Gasteiger partial charge < -0.3 is 20.7 Å². The fraction of sp³-hybridized carbons (Fsp3) is 0.667. The molecular formula is C18H25N3O3S. The van der Waals surface area contributed by atoms with Crippen molar-refractivity contribution in [2.45, 2.75) is 50.2 Å². The molecule has 1 atom stereocenters. The van der Waals surface area contributed by atoms with E-state index in [1.807, 2.05) is 6.07 Å². The molecule has 1 spiro atoms. The fourth-order valence-electron chi connectivity index (χ4n) is 4.08. The van der Waals surface area contributed by atoms with E-state index in [0.717, 1.165) is 51.8 Å². The van der Waals surface area contributed by atoms with Crippen molar-refractivity contribution in [1.29, 1.82) is 0 Å². The largest absolute Gasteiger partial charge is 0.370 e. The normalized spacial score (nSPS) is 25.8. The van der Waals surface area contributed by atoms with Crippen LogP contribution in [0.3, 0.4) is 0 Å². The number of rotatable bonds is 2. The molecule has 6 nitrogen and oxygen atoms in total. The lowest BCUT2D eigenvalue weighted by atomic mass is 9.83. The van der Waals surface area contributed by atoms with Crippen LogP contribution in [0.25, 0.3) is 0 Å². The van der Waals surface area contributed by atoms with Crippen molar-refractivity contribution in [3.63, 3.8) is 0 Å². The first-order chi connectivity index (χ1) is 12.2. The van der Waals surface area contributed by atoms with Crippen LogP contribution in [0, 0.1) is 0 Å². The van der Waals surface area contributed by atoms with Crippen LogP contribution in [0.4, 0.5) is 0 Å². The highest BCUT2D eigenvalue weighted by atomic mass is 32.1. The highest BCUT2D eigenvalue weighted by molar-refractivity contribution is 7.14. The molecule has 2 amide bonds. The van der Waals surface area contributed by atoms with Crippen LogP contribution in [0.2, 0.25) is 0 Å². The molecule has 3 aliphatic heterocycles. The maximum absolute atomic E-state index is 12.7. The number of thiophene rings is 1. The predicted octanol–water partition coefficient (Wildman–Crippen LogP) is 1.30. The third-order valence-corrected chi connectivity index (χ3v) is 6.68. The Hall–Kier alpha value is -1.44. The minimum absolute atomic E-state index is 0.0645. The Labute approximate surface area is 151 Å². The number of piperidine rings is 1. The van der Waals surface area contributed by atoms with Gasteiger partial charge in [0.2, 0.25) is 5.91 Å². The van der Waals surface area contributed by atoms with E-state index in [0.29, 0.717) is 17.8 Å². The molecule has 1 unspecified atom stereocenters. The SMILES string of the molecule is O=C(NC1CCCCNC1=O)c1cc2c(s1)CCOC21CCNCC1. The van der Waals surface area contributed by atoms with Crippen molar-refractivity contribution in [3.05, 3.63) is 21.4 Å². The number of hydrogen-bond donors (Lipinski definition) is 3. The number of hydrogen-bond acceptors (Lipinski definition) is 5. The van der Waals surface area contributed by atoms with Crippen molar-refractivity contribution in [2.24, 2.45) is 0 Å². The second kappa shape index (κ2) is 7.05. The minimum Gasteiger partial charge on any atom is -0.370 e. The molecule has 7 heteroatoms. The summed E-state index contributed by atoms with van der Waals surface area (Å²) in [6.45, 7) is 3.31. The monoisotopic (exact) mass is 363 g/mol. The molecule has 1 aromatic rings. The Balaban J connectivity index is 1.53. The summed E-state index contributed by atoms with van der Waals surface area (Å²) in [5.74, 6) is -0.198. The van der Waals surface area contributed by atoms with Crippen LogP contribution in [-0.4, -0.2) is 44.1 Å². The second-order valence-electron chi connectivity index (χ2n) is 7.10. The van der Waals surface area contributed by atoms with E-state index < -0.39 is 6.04 Å². The second-order valence-corrected chi connectivity index (χ2v) is 8.24. The van der Waals surface area contributed by atoms with Gasteiger partial charge in [0.05, 0.1) is 17.1 Å². The first-order valence-corrected chi connectivity index (χ1v) is 10.1. The Morgan fingerprint density at radius 3 is 2.96 bits per heavy atom. The summed E-state index contributed by atoms with van der Waals surface area (Å²) in [7, 11) is 0. The van der Waals surface area contributed by atoms with E-state index >= 15 is 0 Å². The Bertz CT molecular complexity index is 667. The Morgan fingerprint density at radius 1 is 1.28 bits per heavy atom. The van der Waals surface area contributed by atoms with E-state index in [1.54, 1.807) is 11.3 Å². The molecule has 0 saturated carbocycles. The maximum atomic E-state index is 12.7. The van der Waals surface area contributed by atoms with Crippen LogP contribution in [0.1, 0.15) is 52.2 Å². The molecule has 4 heterocycles. The van der Waals surface area contributed by atoms with Gasteiger partial charge in [0.1, 0.15) is 6.04 Å². The van der Waals surface area contributed by atoms with E-state index in [9.17, 15) is 9.59 Å². The Kier molecular flexibility index (Phi) is 4.80. The highest BCUT2D eigenvalue weighted by Gasteiger charge is 2.40. The minimum atomic E-state index is -0.418. The summed E-state index contributed by atoms with van der Waals surface area (Å²) >= 11 is 1.56. The Morgan fingerprint density at radius 2 is 2.12 bits per heavy atom. The van der Waals surface area contributed by atoms with Gasteiger partial charge in [-0.25, -0.2) is 0 Å². The molecule has 1 aromatic heterocycles. The molecule has 136 valence electrons. The van der Waals surface area contributed by atoms with E-state index in [2.05, 4.69) is 16.0 Å². The fourth-order valence-corrected chi connectivity index (χ4v) is 5.21. The quantitative estimate of drug-likeness (QED) is 0.740. The van der Waals surface area contributed by atoms with Crippen LogP contribution in [0.15, 0.2) is 6.07 Å². The highest BCUT2D eigenvalue weighted by Crippen LogP contribution is 2.43. The van der Waals surface area contributed by atoms with Crippen LogP contribution < -0.4 is 16.0 Å². The lowest BCUT2D eigenvalue weighted by Gasteiger charge is -2.40. The molecule has 4 rings (SSSR count). The van der Waals surface area contributed by atoms with E-state index in [4.69, 9.17) is 4.74 Å². The third-order valence-electron chi connectivity index (χ3n) is 5.48. The molecule has 0 radical (unpaired) electrons. The van der Waals surface area contributed by atoms with E-state index in [1.165, 1.54) is 10.4 Å². The van der Waals surface area contributed by atoms with Crippen LogP contribution in [0.5, 0.6) is 0 Å². The molecule has 3 N–H and O–H groups in total. The van der Waals surface area contributed by atoms with Crippen molar-refractivity contribution in [3.8, 4) is 0 Å². The maximum Gasteiger partial charge on any atom is 0.262 e. The van der Waals surface area contributed by atoms with E-state index in [-0.39, 0.29) is 17.4 Å². The molecule has 3 aliphatic rings. The zero-order valence-electron chi connectivity index (χ0n) is 14.4. The predicted molar refractivity (Wildman–Crippen MR) is 95.9 cm³/mol. The zero-order valence-corrected chi connectivity index (χ0v) is 15.2. The van der Waals surface area contributed by atoms with Gasteiger partial charge in [-0.15, -0.1) is 11.3 Å². The lowest BCUT2D eigenvalue weighted by Crippen LogP contribution is -2.45. The van der Waals surface area contributed by atoms with Crippen LogP contribution >= 0.6 is 11.3 Å². The number of carbonyl (C=O) groups is 2. The van der Waals surface area contributed by atoms with Gasteiger partial charge in [-0.2, -0.15) is 0 Å². The van der Waals surface area contributed by atoms with Crippen molar-refractivity contribution >= 4 is 23.2 Å². The molecular weight excluding hydrogens is 338 g/mol. The molecule has 2 saturated heterocycles. The summed E-state index contributed by atoms with van der Waals surface area (Å²) in [5, 5.41) is 9.18. The molecule has 0 bridgehead atoms. The van der Waals surface area contributed by atoms with Gasteiger partial charge in [0.25, 0.3) is 5.91 Å². The van der Waals surface area contributed by atoms with Gasteiger partial charge in [0.15, 0.2) is 0 Å².